The quantitative estimate of drug-likeness (QED) is 0.536. The van der Waals surface area contributed by atoms with Gasteiger partial charge in [0.2, 0.25) is 0 Å². The highest BCUT2D eigenvalue weighted by Gasteiger charge is 2.04. The average molecular weight is 191 g/mol. The number of ether oxygens (including phenoxy) is 3. The van der Waals surface area contributed by atoms with Gasteiger partial charge in [-0.3, -0.25) is 0 Å². The van der Waals surface area contributed by atoms with Crippen LogP contribution in [0.2, 0.25) is 0 Å². The first-order chi connectivity index (χ1) is 6.35. The van der Waals surface area contributed by atoms with Crippen molar-refractivity contribution in [3.63, 3.8) is 0 Å². The molecule has 0 aromatic rings. The SMILES string of the molecule is CCOCCOCC(CN)OCC. The summed E-state index contributed by atoms with van der Waals surface area (Å²) in [6, 6.07) is 0. The predicted octanol–water partition coefficient (Wildman–Crippen LogP) is 0.403. The lowest BCUT2D eigenvalue weighted by Gasteiger charge is -2.14. The van der Waals surface area contributed by atoms with Crippen LogP contribution in [0, 0.1) is 0 Å². The van der Waals surface area contributed by atoms with Crippen LogP contribution in [0.4, 0.5) is 0 Å². The van der Waals surface area contributed by atoms with Gasteiger partial charge in [0, 0.05) is 19.8 Å². The van der Waals surface area contributed by atoms with Crippen LogP contribution in [0.15, 0.2) is 0 Å². The summed E-state index contributed by atoms with van der Waals surface area (Å²) < 4.78 is 15.7. The van der Waals surface area contributed by atoms with Crippen molar-refractivity contribution in [1.82, 2.24) is 0 Å². The van der Waals surface area contributed by atoms with Gasteiger partial charge in [0.05, 0.1) is 25.9 Å². The molecule has 0 fully saturated rings. The second-order valence-corrected chi connectivity index (χ2v) is 2.58. The molecule has 0 aromatic carbocycles. The molecule has 0 rings (SSSR count). The zero-order valence-corrected chi connectivity index (χ0v) is 8.62. The van der Waals surface area contributed by atoms with Gasteiger partial charge < -0.3 is 19.9 Å². The summed E-state index contributed by atoms with van der Waals surface area (Å²) in [5.74, 6) is 0. The average Bonchev–Trinajstić information content (AvgIpc) is 2.16. The van der Waals surface area contributed by atoms with E-state index in [1.54, 1.807) is 0 Å². The van der Waals surface area contributed by atoms with E-state index in [1.807, 2.05) is 13.8 Å². The molecule has 1 atom stereocenters. The van der Waals surface area contributed by atoms with Crippen LogP contribution in [0.25, 0.3) is 0 Å². The Morgan fingerprint density at radius 2 is 1.77 bits per heavy atom. The monoisotopic (exact) mass is 191 g/mol. The zero-order valence-electron chi connectivity index (χ0n) is 8.62. The lowest BCUT2D eigenvalue weighted by Crippen LogP contribution is -2.29. The summed E-state index contributed by atoms with van der Waals surface area (Å²) in [6.07, 6.45) is 0.0200. The minimum Gasteiger partial charge on any atom is -0.379 e. The van der Waals surface area contributed by atoms with Crippen molar-refractivity contribution < 1.29 is 14.2 Å². The third kappa shape index (κ3) is 8.18. The maximum atomic E-state index is 5.46. The Morgan fingerprint density at radius 1 is 1.08 bits per heavy atom. The van der Waals surface area contributed by atoms with E-state index in [9.17, 15) is 0 Å². The Balaban J connectivity index is 3.17. The van der Waals surface area contributed by atoms with E-state index in [-0.39, 0.29) is 6.10 Å². The molecular weight excluding hydrogens is 170 g/mol. The first-order valence-corrected chi connectivity index (χ1v) is 4.82. The van der Waals surface area contributed by atoms with E-state index in [0.717, 1.165) is 6.61 Å². The Hall–Kier alpha value is -0.160. The molecule has 0 amide bonds. The molecule has 0 saturated carbocycles. The van der Waals surface area contributed by atoms with Crippen LogP contribution >= 0.6 is 0 Å². The fourth-order valence-electron chi connectivity index (χ4n) is 0.897. The molecule has 0 bridgehead atoms. The maximum absolute atomic E-state index is 5.46. The Morgan fingerprint density at radius 3 is 2.31 bits per heavy atom. The molecule has 0 aliphatic rings. The molecule has 0 saturated heterocycles. The molecule has 0 aliphatic heterocycles. The second-order valence-electron chi connectivity index (χ2n) is 2.58. The summed E-state index contributed by atoms with van der Waals surface area (Å²) in [5, 5.41) is 0. The van der Waals surface area contributed by atoms with Gasteiger partial charge in [-0.15, -0.1) is 0 Å². The van der Waals surface area contributed by atoms with Gasteiger partial charge in [-0.1, -0.05) is 0 Å². The minimum atomic E-state index is 0.0200. The molecule has 0 aromatic heterocycles. The van der Waals surface area contributed by atoms with Crippen molar-refractivity contribution >= 4 is 0 Å². The van der Waals surface area contributed by atoms with E-state index in [2.05, 4.69) is 0 Å². The second kappa shape index (κ2) is 9.92. The number of rotatable bonds is 9. The topological polar surface area (TPSA) is 53.7 Å². The van der Waals surface area contributed by atoms with Gasteiger partial charge in [0.15, 0.2) is 0 Å². The lowest BCUT2D eigenvalue weighted by molar-refractivity contribution is -0.0223. The van der Waals surface area contributed by atoms with E-state index < -0.39 is 0 Å². The van der Waals surface area contributed by atoms with Crippen molar-refractivity contribution in [3.05, 3.63) is 0 Å². The Bertz CT molecular complexity index is 101. The van der Waals surface area contributed by atoms with Crippen molar-refractivity contribution in [2.24, 2.45) is 5.73 Å². The normalized spacial score (nSPS) is 13.2. The van der Waals surface area contributed by atoms with E-state index >= 15 is 0 Å². The van der Waals surface area contributed by atoms with Crippen LogP contribution < -0.4 is 5.73 Å². The zero-order chi connectivity index (χ0) is 9.94. The Kier molecular flexibility index (Phi) is 9.80. The molecule has 13 heavy (non-hydrogen) atoms. The third-order valence-electron chi connectivity index (χ3n) is 1.55. The number of nitrogens with two attached hydrogens (primary N) is 1. The molecule has 0 spiro atoms. The molecule has 2 N–H and O–H groups in total. The maximum Gasteiger partial charge on any atom is 0.0930 e. The molecule has 80 valence electrons. The molecule has 0 heterocycles. The molecule has 4 heteroatoms. The van der Waals surface area contributed by atoms with Gasteiger partial charge in [-0.2, -0.15) is 0 Å². The molecule has 4 nitrogen and oxygen atoms in total. The highest BCUT2D eigenvalue weighted by Crippen LogP contribution is 1.91. The van der Waals surface area contributed by atoms with Crippen molar-refractivity contribution in [2.75, 3.05) is 39.6 Å². The highest BCUT2D eigenvalue weighted by atomic mass is 16.5. The van der Waals surface area contributed by atoms with Crippen LogP contribution in [0.1, 0.15) is 13.8 Å². The minimum absolute atomic E-state index is 0.0200. The number of hydrogen-bond acceptors (Lipinski definition) is 4. The summed E-state index contributed by atoms with van der Waals surface area (Å²) in [4.78, 5) is 0. The van der Waals surface area contributed by atoms with Crippen molar-refractivity contribution in [2.45, 2.75) is 20.0 Å². The van der Waals surface area contributed by atoms with E-state index in [1.165, 1.54) is 0 Å². The summed E-state index contributed by atoms with van der Waals surface area (Å²) in [6.45, 7) is 7.62. The largest absolute Gasteiger partial charge is 0.379 e. The van der Waals surface area contributed by atoms with Crippen LogP contribution in [-0.4, -0.2) is 45.7 Å². The van der Waals surface area contributed by atoms with E-state index in [4.69, 9.17) is 19.9 Å². The first-order valence-electron chi connectivity index (χ1n) is 4.82. The fourth-order valence-corrected chi connectivity index (χ4v) is 0.897. The fraction of sp³-hybridized carbons (Fsp3) is 1.00. The van der Waals surface area contributed by atoms with Crippen LogP contribution in [0.3, 0.4) is 0 Å². The molecular formula is C9H21NO3. The van der Waals surface area contributed by atoms with Gasteiger partial charge >= 0.3 is 0 Å². The van der Waals surface area contributed by atoms with Crippen molar-refractivity contribution in [1.29, 1.82) is 0 Å². The van der Waals surface area contributed by atoms with Gasteiger partial charge in [-0.25, -0.2) is 0 Å². The first kappa shape index (κ1) is 12.8. The third-order valence-corrected chi connectivity index (χ3v) is 1.55. The number of hydrogen-bond donors (Lipinski definition) is 1. The van der Waals surface area contributed by atoms with Crippen molar-refractivity contribution in [3.8, 4) is 0 Å². The summed E-state index contributed by atoms with van der Waals surface area (Å²) in [7, 11) is 0. The van der Waals surface area contributed by atoms with Crippen LogP contribution in [0.5, 0.6) is 0 Å². The van der Waals surface area contributed by atoms with Gasteiger partial charge in [0.1, 0.15) is 0 Å². The van der Waals surface area contributed by atoms with E-state index in [0.29, 0.717) is 33.0 Å². The predicted molar refractivity (Wildman–Crippen MR) is 51.8 cm³/mol. The van der Waals surface area contributed by atoms with Crippen LogP contribution in [-0.2, 0) is 14.2 Å². The van der Waals surface area contributed by atoms with Gasteiger partial charge in [-0.05, 0) is 13.8 Å². The highest BCUT2D eigenvalue weighted by molar-refractivity contribution is 4.55. The van der Waals surface area contributed by atoms with Gasteiger partial charge in [0.25, 0.3) is 0 Å². The molecule has 0 aliphatic carbocycles. The smallest absolute Gasteiger partial charge is 0.0930 e. The standard InChI is InChI=1S/C9H21NO3/c1-3-11-5-6-12-8-9(7-10)13-4-2/h9H,3-8,10H2,1-2H3. The lowest BCUT2D eigenvalue weighted by atomic mass is 10.4. The summed E-state index contributed by atoms with van der Waals surface area (Å²) in [5.41, 5.74) is 5.46. The molecule has 0 radical (unpaired) electrons. The Labute approximate surface area is 80.3 Å². The molecule has 1 unspecified atom stereocenters. The summed E-state index contributed by atoms with van der Waals surface area (Å²) >= 11 is 0.